The maximum atomic E-state index is 12.4. The summed E-state index contributed by atoms with van der Waals surface area (Å²) in [6.45, 7) is 3.43. The number of nitrogens with zero attached hydrogens (tertiary/aromatic N) is 2. The second kappa shape index (κ2) is 8.32. The van der Waals surface area contributed by atoms with E-state index < -0.39 is 16.6 Å². The minimum atomic E-state index is -3.83. The van der Waals surface area contributed by atoms with Crippen LogP contribution in [0.1, 0.15) is 18.3 Å². The van der Waals surface area contributed by atoms with Gasteiger partial charge in [-0.2, -0.15) is 13.9 Å². The summed E-state index contributed by atoms with van der Waals surface area (Å²) in [7, 11) is -3.83. The number of halogens is 3. The number of hydrogen-bond acceptors (Lipinski definition) is 4. The van der Waals surface area contributed by atoms with Crippen LogP contribution in [0.25, 0.3) is 0 Å². The van der Waals surface area contributed by atoms with Gasteiger partial charge in [0.15, 0.2) is 0 Å². The highest BCUT2D eigenvalue weighted by atomic mass is 35.5. The van der Waals surface area contributed by atoms with Crippen LogP contribution in [0, 0.1) is 19.8 Å². The van der Waals surface area contributed by atoms with Crippen molar-refractivity contribution in [2.24, 2.45) is 5.92 Å². The zero-order valence-corrected chi connectivity index (χ0v) is 16.1. The lowest BCUT2D eigenvalue weighted by molar-refractivity contribution is -0.0498. The number of alkyl halides is 2. The molecule has 1 aromatic carbocycles. The van der Waals surface area contributed by atoms with E-state index in [9.17, 15) is 17.2 Å². The standard InChI is InChI=1S/C16H20ClF2N3O3S/c1-10(9-22-12(3)6-11(2)21-22)8-20-26(23,24)13-4-5-15(14(17)7-13)25-16(18)19/h4-7,10,16,20H,8-9H2,1-3H3/t10-/m0/s1. The lowest BCUT2D eigenvalue weighted by atomic mass is 10.2. The topological polar surface area (TPSA) is 73.2 Å². The van der Waals surface area contributed by atoms with E-state index in [1.807, 2.05) is 31.5 Å². The van der Waals surface area contributed by atoms with Gasteiger partial charge in [-0.05, 0) is 44.0 Å². The first kappa shape index (κ1) is 20.6. The SMILES string of the molecule is Cc1cc(C)n(C[C@@H](C)CNS(=O)(=O)c2ccc(OC(F)F)c(Cl)c2)n1. The third-order valence-corrected chi connectivity index (χ3v) is 5.36. The van der Waals surface area contributed by atoms with E-state index >= 15 is 0 Å². The van der Waals surface area contributed by atoms with E-state index in [4.69, 9.17) is 11.6 Å². The number of rotatable bonds is 8. The third kappa shape index (κ3) is 5.39. The Morgan fingerprint density at radius 1 is 1.31 bits per heavy atom. The van der Waals surface area contributed by atoms with Crippen LogP contribution in [-0.2, 0) is 16.6 Å². The van der Waals surface area contributed by atoms with Gasteiger partial charge in [0.25, 0.3) is 0 Å². The van der Waals surface area contributed by atoms with Crippen LogP contribution >= 0.6 is 11.6 Å². The van der Waals surface area contributed by atoms with E-state index in [2.05, 4.69) is 14.6 Å². The summed E-state index contributed by atoms with van der Waals surface area (Å²) < 4.78 is 57.7. The molecule has 0 bridgehead atoms. The van der Waals surface area contributed by atoms with E-state index in [1.54, 1.807) is 0 Å². The molecule has 1 aromatic heterocycles. The van der Waals surface area contributed by atoms with Gasteiger partial charge >= 0.3 is 6.61 Å². The number of hydrogen-bond donors (Lipinski definition) is 1. The highest BCUT2D eigenvalue weighted by Gasteiger charge is 2.18. The van der Waals surface area contributed by atoms with Crippen molar-refractivity contribution in [3.63, 3.8) is 0 Å². The summed E-state index contributed by atoms with van der Waals surface area (Å²) in [5.41, 5.74) is 1.90. The molecule has 1 atom stereocenters. The molecule has 0 unspecified atom stereocenters. The van der Waals surface area contributed by atoms with Gasteiger partial charge in [-0.15, -0.1) is 0 Å². The summed E-state index contributed by atoms with van der Waals surface area (Å²) in [5, 5.41) is 4.14. The molecule has 0 saturated heterocycles. The van der Waals surface area contributed by atoms with Gasteiger partial charge in [-0.25, -0.2) is 13.1 Å². The van der Waals surface area contributed by atoms with E-state index in [0.29, 0.717) is 6.54 Å². The van der Waals surface area contributed by atoms with Gasteiger partial charge in [0, 0.05) is 18.8 Å². The van der Waals surface area contributed by atoms with Crippen molar-refractivity contribution >= 4 is 21.6 Å². The molecule has 6 nitrogen and oxygen atoms in total. The fourth-order valence-electron chi connectivity index (χ4n) is 2.40. The van der Waals surface area contributed by atoms with Gasteiger partial charge in [0.2, 0.25) is 10.0 Å². The monoisotopic (exact) mass is 407 g/mol. The fraction of sp³-hybridized carbons (Fsp3) is 0.438. The Hall–Kier alpha value is -1.71. The lowest BCUT2D eigenvalue weighted by Gasteiger charge is -2.15. The normalized spacial score (nSPS) is 13.2. The van der Waals surface area contributed by atoms with Crippen LogP contribution in [0.15, 0.2) is 29.2 Å². The van der Waals surface area contributed by atoms with Gasteiger partial charge in [0.05, 0.1) is 15.6 Å². The average molecular weight is 408 g/mol. The molecule has 2 aromatic rings. The molecule has 0 saturated carbocycles. The summed E-state index contributed by atoms with van der Waals surface area (Å²) in [4.78, 5) is -0.123. The van der Waals surface area contributed by atoms with Crippen LogP contribution in [0.5, 0.6) is 5.75 Å². The minimum absolute atomic E-state index is 0.0142. The number of sulfonamides is 1. The van der Waals surface area contributed by atoms with Crippen LogP contribution < -0.4 is 9.46 Å². The molecular weight excluding hydrogens is 388 g/mol. The lowest BCUT2D eigenvalue weighted by Crippen LogP contribution is -2.30. The van der Waals surface area contributed by atoms with Crippen LogP contribution in [0.3, 0.4) is 0 Å². The predicted octanol–water partition coefficient (Wildman–Crippen LogP) is 3.37. The number of benzene rings is 1. The molecule has 26 heavy (non-hydrogen) atoms. The minimum Gasteiger partial charge on any atom is -0.433 e. The average Bonchev–Trinajstić information content (AvgIpc) is 2.84. The Morgan fingerprint density at radius 2 is 2.00 bits per heavy atom. The number of nitrogens with one attached hydrogen (secondary N) is 1. The van der Waals surface area contributed by atoms with Crippen LogP contribution in [0.4, 0.5) is 8.78 Å². The van der Waals surface area contributed by atoms with Gasteiger partial charge in [0.1, 0.15) is 5.75 Å². The van der Waals surface area contributed by atoms with Crippen molar-refractivity contribution in [1.29, 1.82) is 0 Å². The summed E-state index contributed by atoms with van der Waals surface area (Å²) in [5.74, 6) is -0.293. The van der Waals surface area contributed by atoms with Crippen LogP contribution in [-0.4, -0.2) is 31.4 Å². The van der Waals surface area contributed by atoms with Crippen molar-refractivity contribution < 1.29 is 21.9 Å². The Morgan fingerprint density at radius 3 is 2.54 bits per heavy atom. The van der Waals surface area contributed by atoms with Gasteiger partial charge < -0.3 is 4.74 Å². The number of aryl methyl sites for hydroxylation is 2. The van der Waals surface area contributed by atoms with E-state index in [-0.39, 0.29) is 28.1 Å². The molecule has 0 amide bonds. The molecule has 2 rings (SSSR count). The molecule has 1 heterocycles. The van der Waals surface area contributed by atoms with Crippen molar-refractivity contribution in [3.05, 3.63) is 40.7 Å². The van der Waals surface area contributed by atoms with Crippen molar-refractivity contribution in [2.75, 3.05) is 6.54 Å². The number of aromatic nitrogens is 2. The molecule has 0 aliphatic heterocycles. The maximum absolute atomic E-state index is 12.4. The summed E-state index contributed by atoms with van der Waals surface area (Å²) in [6.07, 6.45) is 0. The highest BCUT2D eigenvalue weighted by Crippen LogP contribution is 2.28. The Labute approximate surface area is 156 Å². The first-order chi connectivity index (χ1) is 12.1. The Kier molecular flexibility index (Phi) is 6.59. The zero-order valence-electron chi connectivity index (χ0n) is 14.5. The Balaban J connectivity index is 2.01. The third-order valence-electron chi connectivity index (χ3n) is 3.64. The molecule has 0 spiro atoms. The number of ether oxygens (including phenoxy) is 1. The molecule has 0 radical (unpaired) electrons. The van der Waals surface area contributed by atoms with Gasteiger partial charge in [-0.3, -0.25) is 4.68 Å². The molecule has 0 aliphatic rings. The maximum Gasteiger partial charge on any atom is 0.387 e. The summed E-state index contributed by atoms with van der Waals surface area (Å²) >= 11 is 5.81. The van der Waals surface area contributed by atoms with E-state index in [0.717, 1.165) is 29.6 Å². The first-order valence-corrected chi connectivity index (χ1v) is 9.69. The molecule has 10 heteroatoms. The largest absolute Gasteiger partial charge is 0.433 e. The smallest absolute Gasteiger partial charge is 0.387 e. The molecule has 144 valence electrons. The first-order valence-electron chi connectivity index (χ1n) is 7.83. The van der Waals surface area contributed by atoms with Gasteiger partial charge in [-0.1, -0.05) is 18.5 Å². The summed E-state index contributed by atoms with van der Waals surface area (Å²) in [6, 6.07) is 5.29. The van der Waals surface area contributed by atoms with Crippen LogP contribution in [0.2, 0.25) is 5.02 Å². The second-order valence-electron chi connectivity index (χ2n) is 6.04. The van der Waals surface area contributed by atoms with E-state index in [1.165, 1.54) is 0 Å². The quantitative estimate of drug-likeness (QED) is 0.728. The molecular formula is C16H20ClF2N3O3S. The molecule has 0 aliphatic carbocycles. The van der Waals surface area contributed by atoms with Crippen molar-refractivity contribution in [3.8, 4) is 5.75 Å². The zero-order chi connectivity index (χ0) is 19.5. The van der Waals surface area contributed by atoms with Crippen molar-refractivity contribution in [2.45, 2.75) is 38.8 Å². The van der Waals surface area contributed by atoms with Crippen molar-refractivity contribution in [1.82, 2.24) is 14.5 Å². The fourth-order valence-corrected chi connectivity index (χ4v) is 3.88. The molecule has 1 N–H and O–H groups in total. The highest BCUT2D eigenvalue weighted by molar-refractivity contribution is 7.89. The Bertz CT molecular complexity index is 872. The molecule has 0 fully saturated rings. The predicted molar refractivity (Wildman–Crippen MR) is 94.1 cm³/mol. The second-order valence-corrected chi connectivity index (χ2v) is 8.21.